The zero-order chi connectivity index (χ0) is 9.56. The summed E-state index contributed by atoms with van der Waals surface area (Å²) in [6.45, 7) is 6.50. The van der Waals surface area contributed by atoms with Crippen molar-refractivity contribution >= 4 is 5.97 Å². The van der Waals surface area contributed by atoms with Gasteiger partial charge in [0.1, 0.15) is 0 Å². The topological polar surface area (TPSA) is 37.3 Å². The average Bonchev–Trinajstić information content (AvgIpc) is 1.97. The molecule has 0 fully saturated rings. The van der Waals surface area contributed by atoms with Gasteiger partial charge in [0.15, 0.2) is 0 Å². The molecule has 0 aliphatic carbocycles. The molecule has 0 aliphatic rings. The third-order valence-corrected chi connectivity index (χ3v) is 2.15. The number of hydrogen-bond acceptors (Lipinski definition) is 1. The van der Waals surface area contributed by atoms with Crippen molar-refractivity contribution in [3.8, 4) is 0 Å². The molecule has 0 amide bonds. The lowest BCUT2D eigenvalue weighted by atomic mass is 9.91. The van der Waals surface area contributed by atoms with Gasteiger partial charge in [-0.3, -0.25) is 4.79 Å². The van der Waals surface area contributed by atoms with Crippen LogP contribution in [0, 0.1) is 11.8 Å². The van der Waals surface area contributed by atoms with Crippen molar-refractivity contribution in [2.75, 3.05) is 0 Å². The summed E-state index contributed by atoms with van der Waals surface area (Å²) in [4.78, 5) is 10.3. The van der Waals surface area contributed by atoms with Crippen molar-refractivity contribution in [1.29, 1.82) is 0 Å². The molecule has 1 atom stereocenters. The van der Waals surface area contributed by atoms with E-state index in [1.807, 2.05) is 0 Å². The lowest BCUT2D eigenvalue weighted by Crippen LogP contribution is -2.06. The summed E-state index contributed by atoms with van der Waals surface area (Å²) in [6, 6.07) is 0. The number of carboxylic acid groups (broad SMARTS) is 1. The fraction of sp³-hybridized carbons (Fsp3) is 0.900. The quantitative estimate of drug-likeness (QED) is 0.668. The van der Waals surface area contributed by atoms with Gasteiger partial charge < -0.3 is 5.11 Å². The molecule has 0 saturated carbocycles. The molecule has 1 unspecified atom stereocenters. The number of carbonyl (C=O) groups is 1. The fourth-order valence-corrected chi connectivity index (χ4v) is 1.48. The van der Waals surface area contributed by atoms with E-state index in [9.17, 15) is 4.79 Å². The zero-order valence-electron chi connectivity index (χ0n) is 8.34. The van der Waals surface area contributed by atoms with Crippen LogP contribution in [-0.4, -0.2) is 11.1 Å². The molecule has 0 rings (SSSR count). The Kier molecular flexibility index (Phi) is 5.77. The first-order valence-electron chi connectivity index (χ1n) is 4.78. The molecule has 0 aromatic carbocycles. The Hall–Kier alpha value is -0.530. The van der Waals surface area contributed by atoms with Gasteiger partial charge in [0.2, 0.25) is 0 Å². The lowest BCUT2D eigenvalue weighted by molar-refractivity contribution is -0.137. The van der Waals surface area contributed by atoms with Gasteiger partial charge in [-0.15, -0.1) is 0 Å². The predicted molar refractivity (Wildman–Crippen MR) is 50.1 cm³/mol. The molecular weight excluding hydrogens is 152 g/mol. The van der Waals surface area contributed by atoms with Crippen LogP contribution in [0.4, 0.5) is 0 Å². The Balaban J connectivity index is 3.60. The standard InChI is InChI=1S/C10H20O2/c1-4-9(7-8(2)3)5-6-10(11)12/h8-9H,4-7H2,1-3H3,(H,11,12). The summed E-state index contributed by atoms with van der Waals surface area (Å²) in [6.07, 6.45) is 3.42. The monoisotopic (exact) mass is 172 g/mol. The lowest BCUT2D eigenvalue weighted by Gasteiger charge is -2.15. The van der Waals surface area contributed by atoms with E-state index in [-0.39, 0.29) is 0 Å². The zero-order valence-corrected chi connectivity index (χ0v) is 8.34. The van der Waals surface area contributed by atoms with Gasteiger partial charge in [-0.25, -0.2) is 0 Å². The van der Waals surface area contributed by atoms with E-state index in [1.165, 1.54) is 0 Å². The van der Waals surface area contributed by atoms with Gasteiger partial charge in [-0.1, -0.05) is 27.2 Å². The smallest absolute Gasteiger partial charge is 0.303 e. The van der Waals surface area contributed by atoms with Crippen molar-refractivity contribution in [2.24, 2.45) is 11.8 Å². The number of carboxylic acids is 1. The highest BCUT2D eigenvalue weighted by atomic mass is 16.4. The summed E-state index contributed by atoms with van der Waals surface area (Å²) in [5, 5.41) is 8.49. The van der Waals surface area contributed by atoms with Gasteiger partial charge >= 0.3 is 5.97 Å². The highest BCUT2D eigenvalue weighted by Gasteiger charge is 2.10. The Bertz CT molecular complexity index is 130. The molecule has 0 aromatic rings. The largest absolute Gasteiger partial charge is 0.481 e. The molecule has 0 saturated heterocycles. The second kappa shape index (κ2) is 6.04. The molecule has 0 aromatic heterocycles. The van der Waals surface area contributed by atoms with Crippen LogP contribution in [0.1, 0.15) is 46.5 Å². The Morgan fingerprint density at radius 3 is 2.33 bits per heavy atom. The second-order valence-electron chi connectivity index (χ2n) is 3.84. The van der Waals surface area contributed by atoms with E-state index in [4.69, 9.17) is 5.11 Å². The Labute approximate surface area is 75.0 Å². The minimum Gasteiger partial charge on any atom is -0.481 e. The van der Waals surface area contributed by atoms with Crippen molar-refractivity contribution in [3.05, 3.63) is 0 Å². The maximum atomic E-state index is 10.3. The highest BCUT2D eigenvalue weighted by Crippen LogP contribution is 2.19. The molecule has 0 heterocycles. The minimum atomic E-state index is -0.669. The van der Waals surface area contributed by atoms with Crippen molar-refractivity contribution < 1.29 is 9.90 Å². The summed E-state index contributed by atoms with van der Waals surface area (Å²) in [7, 11) is 0. The number of aliphatic carboxylic acids is 1. The second-order valence-corrected chi connectivity index (χ2v) is 3.84. The third kappa shape index (κ3) is 6.20. The molecule has 0 radical (unpaired) electrons. The first kappa shape index (κ1) is 11.5. The average molecular weight is 172 g/mol. The first-order valence-corrected chi connectivity index (χ1v) is 4.78. The number of hydrogen-bond donors (Lipinski definition) is 1. The molecule has 0 spiro atoms. The molecule has 2 heteroatoms. The first-order chi connectivity index (χ1) is 5.56. The molecule has 0 aliphatic heterocycles. The molecule has 72 valence electrons. The van der Waals surface area contributed by atoms with Crippen LogP contribution in [0.5, 0.6) is 0 Å². The molecule has 1 N–H and O–H groups in total. The summed E-state index contributed by atoms with van der Waals surface area (Å²) >= 11 is 0. The predicted octanol–water partition coefficient (Wildman–Crippen LogP) is 2.92. The summed E-state index contributed by atoms with van der Waals surface area (Å²) in [5.74, 6) is 0.613. The van der Waals surface area contributed by atoms with Crippen molar-refractivity contribution in [3.63, 3.8) is 0 Å². The van der Waals surface area contributed by atoms with E-state index in [0.29, 0.717) is 18.3 Å². The van der Waals surface area contributed by atoms with Gasteiger partial charge in [-0.2, -0.15) is 0 Å². The minimum absolute atomic E-state index is 0.325. The summed E-state index contributed by atoms with van der Waals surface area (Å²) in [5.41, 5.74) is 0. The maximum Gasteiger partial charge on any atom is 0.303 e. The van der Waals surface area contributed by atoms with Crippen LogP contribution in [0.15, 0.2) is 0 Å². The van der Waals surface area contributed by atoms with E-state index >= 15 is 0 Å². The van der Waals surface area contributed by atoms with Crippen molar-refractivity contribution in [1.82, 2.24) is 0 Å². The Morgan fingerprint density at radius 1 is 1.42 bits per heavy atom. The van der Waals surface area contributed by atoms with Gasteiger partial charge in [-0.05, 0) is 24.7 Å². The van der Waals surface area contributed by atoms with E-state index in [2.05, 4.69) is 20.8 Å². The van der Waals surface area contributed by atoms with Gasteiger partial charge in [0, 0.05) is 6.42 Å². The van der Waals surface area contributed by atoms with E-state index < -0.39 is 5.97 Å². The number of rotatable bonds is 6. The van der Waals surface area contributed by atoms with Crippen LogP contribution in [-0.2, 0) is 4.79 Å². The molecule has 12 heavy (non-hydrogen) atoms. The maximum absolute atomic E-state index is 10.3. The third-order valence-electron chi connectivity index (χ3n) is 2.15. The van der Waals surface area contributed by atoms with Crippen LogP contribution in [0.25, 0.3) is 0 Å². The van der Waals surface area contributed by atoms with E-state index in [1.54, 1.807) is 0 Å². The van der Waals surface area contributed by atoms with Crippen molar-refractivity contribution in [2.45, 2.75) is 46.5 Å². The molecule has 0 bridgehead atoms. The van der Waals surface area contributed by atoms with Gasteiger partial charge in [0.25, 0.3) is 0 Å². The van der Waals surface area contributed by atoms with E-state index in [0.717, 1.165) is 19.3 Å². The van der Waals surface area contributed by atoms with Crippen LogP contribution < -0.4 is 0 Å². The van der Waals surface area contributed by atoms with Crippen LogP contribution >= 0.6 is 0 Å². The molecule has 2 nitrogen and oxygen atoms in total. The normalized spacial score (nSPS) is 13.3. The molecular formula is C10H20O2. The van der Waals surface area contributed by atoms with Gasteiger partial charge in [0.05, 0.1) is 0 Å². The van der Waals surface area contributed by atoms with Crippen LogP contribution in [0.3, 0.4) is 0 Å². The SMILES string of the molecule is CCC(CCC(=O)O)CC(C)C. The highest BCUT2D eigenvalue weighted by molar-refractivity contribution is 5.66. The Morgan fingerprint density at radius 2 is 2.00 bits per heavy atom. The van der Waals surface area contributed by atoms with Crippen LogP contribution in [0.2, 0.25) is 0 Å². The summed E-state index contributed by atoms with van der Waals surface area (Å²) < 4.78 is 0. The fourth-order valence-electron chi connectivity index (χ4n) is 1.48.